The summed E-state index contributed by atoms with van der Waals surface area (Å²) < 4.78 is 11.6. The van der Waals surface area contributed by atoms with Crippen LogP contribution in [0.2, 0.25) is 0 Å². The van der Waals surface area contributed by atoms with E-state index in [1.807, 2.05) is 32.9 Å². The number of carbonyl (C=O) groups is 1. The van der Waals surface area contributed by atoms with Crippen molar-refractivity contribution in [1.82, 2.24) is 9.80 Å². The molecule has 37 heavy (non-hydrogen) atoms. The summed E-state index contributed by atoms with van der Waals surface area (Å²) in [5.74, 6) is 2.06. The molecular weight excluding hydrogens is 464 g/mol. The van der Waals surface area contributed by atoms with Crippen molar-refractivity contribution >= 4 is 27.8 Å². The molecule has 2 bridgehead atoms. The van der Waals surface area contributed by atoms with Gasteiger partial charge >= 0.3 is 5.63 Å². The third kappa shape index (κ3) is 3.63. The quantitative estimate of drug-likeness (QED) is 0.347. The molecule has 3 aromatic rings. The van der Waals surface area contributed by atoms with Crippen molar-refractivity contribution in [2.45, 2.75) is 77.8 Å². The van der Waals surface area contributed by atoms with Crippen LogP contribution in [-0.2, 0) is 11.2 Å². The van der Waals surface area contributed by atoms with Gasteiger partial charge in [0.15, 0.2) is 0 Å². The van der Waals surface area contributed by atoms with Crippen LogP contribution in [0.15, 0.2) is 37.4 Å². The van der Waals surface area contributed by atoms with Crippen molar-refractivity contribution < 1.29 is 13.6 Å². The number of furan rings is 1. The maximum atomic E-state index is 13.9. The second kappa shape index (κ2) is 8.59. The highest BCUT2D eigenvalue weighted by Gasteiger charge is 2.46. The van der Waals surface area contributed by atoms with E-state index < -0.39 is 5.63 Å². The first-order chi connectivity index (χ1) is 17.9. The summed E-state index contributed by atoms with van der Waals surface area (Å²) in [5, 5.41) is 1.90. The Bertz CT molecular complexity index is 1510. The first-order valence-electron chi connectivity index (χ1n) is 14.1. The van der Waals surface area contributed by atoms with Crippen molar-refractivity contribution in [3.8, 4) is 0 Å². The van der Waals surface area contributed by atoms with Gasteiger partial charge in [0.1, 0.15) is 16.9 Å². The van der Waals surface area contributed by atoms with E-state index in [1.54, 1.807) is 0 Å². The average molecular weight is 501 g/mol. The number of rotatable bonds is 2. The van der Waals surface area contributed by atoms with Gasteiger partial charge in [0, 0.05) is 36.0 Å². The van der Waals surface area contributed by atoms with Crippen LogP contribution in [0.4, 0.5) is 0 Å². The molecule has 6 heteroatoms. The highest BCUT2D eigenvalue weighted by atomic mass is 16.4. The fourth-order valence-electron chi connectivity index (χ4n) is 7.94. The molecule has 1 aliphatic carbocycles. The summed E-state index contributed by atoms with van der Waals surface area (Å²) in [6.45, 7) is 9.00. The predicted octanol–water partition coefficient (Wildman–Crippen LogP) is 5.43. The van der Waals surface area contributed by atoms with Gasteiger partial charge in [0.25, 0.3) is 0 Å². The van der Waals surface area contributed by atoms with Gasteiger partial charge in [-0.2, -0.15) is 0 Å². The molecule has 4 aliphatic rings. The number of hydrogen-bond donors (Lipinski definition) is 0. The third-order valence-corrected chi connectivity index (χ3v) is 9.89. The fraction of sp³-hybridized carbons (Fsp3) is 0.548. The van der Waals surface area contributed by atoms with E-state index in [-0.39, 0.29) is 18.4 Å². The van der Waals surface area contributed by atoms with Crippen LogP contribution in [0.25, 0.3) is 21.9 Å². The number of aryl methyl sites for hydroxylation is 3. The highest BCUT2D eigenvalue weighted by molar-refractivity contribution is 5.97. The molecule has 0 radical (unpaired) electrons. The molecule has 4 atom stereocenters. The summed E-state index contributed by atoms with van der Waals surface area (Å²) in [6.07, 6.45) is 9.89. The fourth-order valence-corrected chi connectivity index (χ4v) is 7.94. The largest absolute Gasteiger partial charge is 0.461 e. The van der Waals surface area contributed by atoms with E-state index in [1.165, 1.54) is 37.8 Å². The van der Waals surface area contributed by atoms with Crippen molar-refractivity contribution in [3.63, 3.8) is 0 Å². The molecule has 194 valence electrons. The zero-order valence-corrected chi connectivity index (χ0v) is 22.1. The molecule has 3 fully saturated rings. The molecule has 2 unspecified atom stereocenters. The molecule has 0 N–H and O–H groups in total. The number of hydrogen-bond acceptors (Lipinski definition) is 5. The number of nitrogens with zero attached hydrogens (tertiary/aromatic N) is 2. The van der Waals surface area contributed by atoms with Crippen molar-refractivity contribution in [2.24, 2.45) is 11.8 Å². The van der Waals surface area contributed by atoms with Crippen LogP contribution in [0.5, 0.6) is 0 Å². The van der Waals surface area contributed by atoms with E-state index >= 15 is 0 Å². The van der Waals surface area contributed by atoms with Gasteiger partial charge in [0.05, 0.1) is 18.0 Å². The third-order valence-electron chi connectivity index (χ3n) is 9.89. The summed E-state index contributed by atoms with van der Waals surface area (Å²) in [6, 6.07) is 4.73. The van der Waals surface area contributed by atoms with Gasteiger partial charge in [-0.15, -0.1) is 0 Å². The first kappa shape index (κ1) is 23.3. The molecule has 0 spiro atoms. The topological polar surface area (TPSA) is 66.9 Å². The Kier molecular flexibility index (Phi) is 5.40. The number of carbonyl (C=O) groups excluding carboxylic acids is 1. The zero-order chi connectivity index (χ0) is 25.4. The van der Waals surface area contributed by atoms with E-state index in [4.69, 9.17) is 8.83 Å². The van der Waals surface area contributed by atoms with Crippen LogP contribution < -0.4 is 5.63 Å². The number of fused-ring (bicyclic) bond motifs is 8. The molecule has 2 aromatic heterocycles. The number of likely N-dealkylation sites (tertiary alicyclic amines) is 1. The molecule has 1 amide bonds. The molecule has 6 nitrogen and oxygen atoms in total. The first-order valence-corrected chi connectivity index (χ1v) is 14.1. The highest BCUT2D eigenvalue weighted by Crippen LogP contribution is 2.45. The lowest BCUT2D eigenvalue weighted by Gasteiger charge is -2.54. The molecular formula is C31H36N2O4. The summed E-state index contributed by atoms with van der Waals surface area (Å²) in [4.78, 5) is 31.8. The minimum Gasteiger partial charge on any atom is -0.461 e. The molecule has 7 rings (SSSR count). The van der Waals surface area contributed by atoms with Gasteiger partial charge in [0.2, 0.25) is 5.91 Å². The van der Waals surface area contributed by atoms with Gasteiger partial charge < -0.3 is 13.7 Å². The Morgan fingerprint density at radius 3 is 2.68 bits per heavy atom. The van der Waals surface area contributed by atoms with Crippen LogP contribution in [-0.4, -0.2) is 47.4 Å². The van der Waals surface area contributed by atoms with Gasteiger partial charge in [-0.05, 0) is 88.4 Å². The molecule has 3 aliphatic heterocycles. The van der Waals surface area contributed by atoms with E-state index in [0.717, 1.165) is 59.2 Å². The van der Waals surface area contributed by atoms with Crippen LogP contribution in [0.1, 0.15) is 61.0 Å². The smallest absolute Gasteiger partial charge is 0.340 e. The Balaban J connectivity index is 1.21. The van der Waals surface area contributed by atoms with Crippen LogP contribution in [0.3, 0.4) is 0 Å². The zero-order valence-electron chi connectivity index (χ0n) is 22.1. The van der Waals surface area contributed by atoms with Gasteiger partial charge in [-0.1, -0.05) is 18.1 Å². The number of piperidine rings is 3. The van der Waals surface area contributed by atoms with Crippen molar-refractivity contribution in [2.75, 3.05) is 19.6 Å². The lowest BCUT2D eigenvalue weighted by atomic mass is 9.68. The Hall–Kier alpha value is -2.86. The summed E-state index contributed by atoms with van der Waals surface area (Å²) >= 11 is 0. The maximum Gasteiger partial charge on any atom is 0.340 e. The Labute approximate surface area is 217 Å². The lowest BCUT2D eigenvalue weighted by molar-refractivity contribution is -0.135. The lowest BCUT2D eigenvalue weighted by Crippen LogP contribution is -2.60. The number of amides is 1. The standard InChI is InChI=1S/C31H36N2O4/c1-17-19(3)36-27-15-28-24(13-23(17)27)18(2)25(31(35)37-28)14-29(34)33-10-6-7-20-11-21-12-22(30(20)33)16-32-9-5-4-8-26(21)32/h11,13,15,21-22,26,30H,4-10,12,14,16H2,1-3H3/t21?,22?,26-,30-/m1/s1. The SMILES string of the molecule is Cc1oc2cc3oc(=O)c(CC(=O)N4CCCC5=CC6CC(CN7CCCC[C@H]67)[C@@H]54)c(C)c3cc2c1C. The van der Waals surface area contributed by atoms with Crippen molar-refractivity contribution in [1.29, 1.82) is 0 Å². The molecule has 5 heterocycles. The second-order valence-electron chi connectivity index (χ2n) is 11.9. The minimum absolute atomic E-state index is 0.0565. The average Bonchev–Trinajstić information content (AvgIpc) is 3.17. The maximum absolute atomic E-state index is 13.9. The molecule has 1 aromatic carbocycles. The molecule has 0 saturated carbocycles. The van der Waals surface area contributed by atoms with E-state index in [0.29, 0.717) is 29.0 Å². The van der Waals surface area contributed by atoms with Crippen LogP contribution in [0, 0.1) is 32.6 Å². The predicted molar refractivity (Wildman–Crippen MR) is 144 cm³/mol. The summed E-state index contributed by atoms with van der Waals surface area (Å²) in [7, 11) is 0. The van der Waals surface area contributed by atoms with Crippen LogP contribution >= 0.6 is 0 Å². The minimum atomic E-state index is -0.414. The van der Waals surface area contributed by atoms with Gasteiger partial charge in [-0.25, -0.2) is 4.79 Å². The number of benzene rings is 1. The van der Waals surface area contributed by atoms with E-state index in [2.05, 4.69) is 15.9 Å². The summed E-state index contributed by atoms with van der Waals surface area (Å²) in [5.41, 5.74) is 4.71. The Morgan fingerprint density at radius 2 is 1.81 bits per heavy atom. The van der Waals surface area contributed by atoms with Crippen molar-refractivity contribution in [3.05, 3.63) is 56.7 Å². The molecule has 3 saturated heterocycles. The Morgan fingerprint density at radius 1 is 1.00 bits per heavy atom. The van der Waals surface area contributed by atoms with E-state index in [9.17, 15) is 9.59 Å². The second-order valence-corrected chi connectivity index (χ2v) is 11.9. The normalized spacial score (nSPS) is 27.8. The van der Waals surface area contributed by atoms with Gasteiger partial charge in [-0.3, -0.25) is 9.69 Å². The monoisotopic (exact) mass is 500 g/mol.